The molecule has 1 fully saturated rings. The van der Waals surface area contributed by atoms with Gasteiger partial charge in [-0.3, -0.25) is 9.59 Å². The molecule has 1 aromatic heterocycles. The molecule has 1 amide bonds. The molecule has 1 aliphatic heterocycles. The van der Waals surface area contributed by atoms with Crippen LogP contribution >= 0.6 is 11.5 Å². The van der Waals surface area contributed by atoms with Gasteiger partial charge in [-0.2, -0.15) is 4.37 Å². The first kappa shape index (κ1) is 25.9. The summed E-state index contributed by atoms with van der Waals surface area (Å²) in [6.07, 6.45) is 2.52. The molecule has 1 aromatic carbocycles. The molecule has 0 N–H and O–H groups in total. The van der Waals surface area contributed by atoms with Crippen LogP contribution in [0.2, 0.25) is 0 Å². The standard InChI is InChI=1S/C24H34N4O5S/c1-4-33-23(30)19-8-6-11-28(17-19)22(29)10-12-27(13-14-31-2)24-25-21(26-34-24)16-18-7-5-9-20(15-18)32-3/h5,7,9,15,19H,4,6,8,10-14,16-17H2,1-3H3. The SMILES string of the molecule is CCOC(=O)C1CCCN(C(=O)CCN(CCOC)c2nc(Cc3cccc(OC)c3)ns2)C1. The molecule has 1 unspecified atom stereocenters. The highest BCUT2D eigenvalue weighted by atomic mass is 32.1. The number of piperidine rings is 1. The summed E-state index contributed by atoms with van der Waals surface area (Å²) in [5.74, 6) is 1.13. The number of methoxy groups -OCH3 is 2. The quantitative estimate of drug-likeness (QED) is 0.419. The summed E-state index contributed by atoms with van der Waals surface area (Å²) in [5.41, 5.74) is 1.07. The van der Waals surface area contributed by atoms with Crippen LogP contribution in [0.1, 0.15) is 37.6 Å². The first-order valence-electron chi connectivity index (χ1n) is 11.7. The highest BCUT2D eigenvalue weighted by molar-refractivity contribution is 7.09. The van der Waals surface area contributed by atoms with Crippen LogP contribution in [0, 0.1) is 5.92 Å². The summed E-state index contributed by atoms with van der Waals surface area (Å²) >= 11 is 1.33. The fraction of sp³-hybridized carbons (Fsp3) is 0.583. The zero-order chi connectivity index (χ0) is 24.3. The van der Waals surface area contributed by atoms with Gasteiger partial charge in [0.05, 0.1) is 26.2 Å². The topological polar surface area (TPSA) is 94.1 Å². The van der Waals surface area contributed by atoms with Crippen molar-refractivity contribution in [3.63, 3.8) is 0 Å². The summed E-state index contributed by atoms with van der Waals surface area (Å²) < 4.78 is 20.2. The molecule has 0 spiro atoms. The highest BCUT2D eigenvalue weighted by Gasteiger charge is 2.29. The number of benzene rings is 1. The summed E-state index contributed by atoms with van der Waals surface area (Å²) in [4.78, 5) is 33.6. The third-order valence-corrected chi connectivity index (χ3v) is 6.59. The van der Waals surface area contributed by atoms with Crippen LogP contribution in [0.5, 0.6) is 5.75 Å². The Balaban J connectivity index is 1.59. The number of anilines is 1. The number of hydrogen-bond donors (Lipinski definition) is 0. The second kappa shape index (κ2) is 13.2. The molecule has 10 heteroatoms. The van der Waals surface area contributed by atoms with Crippen LogP contribution in [0.25, 0.3) is 0 Å². The third kappa shape index (κ3) is 7.39. The fourth-order valence-corrected chi connectivity index (χ4v) is 4.70. The molecule has 2 heterocycles. The molecule has 9 nitrogen and oxygen atoms in total. The Bertz CT molecular complexity index is 938. The normalized spacial score (nSPS) is 15.7. The lowest BCUT2D eigenvalue weighted by Crippen LogP contribution is -2.44. The van der Waals surface area contributed by atoms with Gasteiger partial charge in [-0.05, 0) is 37.5 Å². The molecule has 1 atom stereocenters. The number of ether oxygens (including phenoxy) is 3. The van der Waals surface area contributed by atoms with Crippen LogP contribution < -0.4 is 9.64 Å². The van der Waals surface area contributed by atoms with Gasteiger partial charge >= 0.3 is 5.97 Å². The van der Waals surface area contributed by atoms with Gasteiger partial charge in [-0.25, -0.2) is 4.98 Å². The molecule has 3 rings (SSSR count). The van der Waals surface area contributed by atoms with Crippen molar-refractivity contribution in [3.8, 4) is 5.75 Å². The molecule has 0 aliphatic carbocycles. The minimum atomic E-state index is -0.232. The predicted octanol–water partition coefficient (Wildman–Crippen LogP) is 2.78. The molecule has 0 bridgehead atoms. The van der Waals surface area contributed by atoms with E-state index in [-0.39, 0.29) is 17.8 Å². The van der Waals surface area contributed by atoms with E-state index in [1.807, 2.05) is 29.2 Å². The summed E-state index contributed by atoms with van der Waals surface area (Å²) in [6.45, 7) is 4.91. The number of likely N-dealkylation sites (tertiary alicyclic amines) is 1. The Hall–Kier alpha value is -2.72. The van der Waals surface area contributed by atoms with Crippen LogP contribution in [-0.4, -0.2) is 79.7 Å². The first-order valence-corrected chi connectivity index (χ1v) is 12.4. The molecule has 0 radical (unpaired) electrons. The van der Waals surface area contributed by atoms with Crippen LogP contribution in [-0.2, 0) is 25.5 Å². The Labute approximate surface area is 205 Å². The minimum absolute atomic E-state index is 0.0394. The number of nitrogens with zero attached hydrogens (tertiary/aromatic N) is 4. The number of carbonyl (C=O) groups is 2. The third-order valence-electron chi connectivity index (χ3n) is 5.78. The Morgan fingerprint density at radius 3 is 2.88 bits per heavy atom. The smallest absolute Gasteiger partial charge is 0.310 e. The first-order chi connectivity index (χ1) is 16.5. The number of rotatable bonds is 12. The van der Waals surface area contributed by atoms with E-state index in [2.05, 4.69) is 4.37 Å². The molecule has 2 aromatic rings. The molecule has 1 aliphatic rings. The van der Waals surface area contributed by atoms with E-state index < -0.39 is 0 Å². The van der Waals surface area contributed by atoms with Crippen molar-refractivity contribution in [2.45, 2.75) is 32.6 Å². The van der Waals surface area contributed by atoms with E-state index in [9.17, 15) is 9.59 Å². The van der Waals surface area contributed by atoms with E-state index in [0.29, 0.717) is 52.2 Å². The number of hydrogen-bond acceptors (Lipinski definition) is 9. The van der Waals surface area contributed by atoms with Gasteiger partial charge < -0.3 is 24.0 Å². The van der Waals surface area contributed by atoms with Gasteiger partial charge in [0.15, 0.2) is 0 Å². The number of amides is 1. The fourth-order valence-electron chi connectivity index (χ4n) is 3.96. The maximum absolute atomic E-state index is 12.9. The number of aromatic nitrogens is 2. The van der Waals surface area contributed by atoms with E-state index in [1.54, 1.807) is 26.0 Å². The molecule has 186 valence electrons. The average Bonchev–Trinajstić information content (AvgIpc) is 3.32. The lowest BCUT2D eigenvalue weighted by molar-refractivity contribution is -0.151. The van der Waals surface area contributed by atoms with Crippen molar-refractivity contribution in [1.82, 2.24) is 14.3 Å². The van der Waals surface area contributed by atoms with Gasteiger partial charge in [0.2, 0.25) is 11.0 Å². The van der Waals surface area contributed by atoms with E-state index in [4.69, 9.17) is 19.2 Å². The minimum Gasteiger partial charge on any atom is -0.497 e. The zero-order valence-electron chi connectivity index (χ0n) is 20.2. The van der Waals surface area contributed by atoms with Crippen molar-refractivity contribution < 1.29 is 23.8 Å². The predicted molar refractivity (Wildman–Crippen MR) is 130 cm³/mol. The van der Waals surface area contributed by atoms with Gasteiger partial charge in [0.25, 0.3) is 0 Å². The van der Waals surface area contributed by atoms with Crippen molar-refractivity contribution in [1.29, 1.82) is 0 Å². The zero-order valence-corrected chi connectivity index (χ0v) is 21.0. The molecular formula is C24H34N4O5S. The molecule has 34 heavy (non-hydrogen) atoms. The van der Waals surface area contributed by atoms with Gasteiger partial charge in [-0.15, -0.1) is 0 Å². The summed E-state index contributed by atoms with van der Waals surface area (Å²) in [5, 5.41) is 0.769. The highest BCUT2D eigenvalue weighted by Crippen LogP contribution is 2.22. The van der Waals surface area contributed by atoms with Crippen LogP contribution in [0.4, 0.5) is 5.13 Å². The number of carbonyl (C=O) groups excluding carboxylic acids is 2. The lowest BCUT2D eigenvalue weighted by Gasteiger charge is -2.32. The Morgan fingerprint density at radius 1 is 1.26 bits per heavy atom. The Kier molecular flexibility index (Phi) is 10.1. The van der Waals surface area contributed by atoms with Crippen molar-refractivity contribution >= 4 is 28.5 Å². The maximum atomic E-state index is 12.9. The van der Waals surface area contributed by atoms with E-state index >= 15 is 0 Å². The van der Waals surface area contributed by atoms with Crippen molar-refractivity contribution in [2.75, 3.05) is 58.5 Å². The summed E-state index contributed by atoms with van der Waals surface area (Å²) in [6, 6.07) is 7.85. The maximum Gasteiger partial charge on any atom is 0.310 e. The van der Waals surface area contributed by atoms with E-state index in [1.165, 1.54) is 11.5 Å². The monoisotopic (exact) mass is 490 g/mol. The second-order valence-corrected chi connectivity index (χ2v) is 8.91. The van der Waals surface area contributed by atoms with Gasteiger partial charge in [-0.1, -0.05) is 12.1 Å². The number of esters is 1. The van der Waals surface area contributed by atoms with Crippen LogP contribution in [0.15, 0.2) is 24.3 Å². The second-order valence-electron chi connectivity index (χ2n) is 8.18. The van der Waals surface area contributed by atoms with Crippen molar-refractivity contribution in [2.24, 2.45) is 5.92 Å². The summed E-state index contributed by atoms with van der Waals surface area (Å²) in [7, 11) is 3.30. The van der Waals surface area contributed by atoms with Gasteiger partial charge in [0, 0.05) is 57.7 Å². The average molecular weight is 491 g/mol. The Morgan fingerprint density at radius 2 is 2.12 bits per heavy atom. The van der Waals surface area contributed by atoms with Crippen molar-refractivity contribution in [3.05, 3.63) is 35.7 Å². The van der Waals surface area contributed by atoms with Crippen LogP contribution in [0.3, 0.4) is 0 Å². The van der Waals surface area contributed by atoms with Gasteiger partial charge in [0.1, 0.15) is 11.6 Å². The molecule has 1 saturated heterocycles. The molecule has 0 saturated carbocycles. The van der Waals surface area contributed by atoms with E-state index in [0.717, 1.165) is 35.1 Å². The molecular weight excluding hydrogens is 456 g/mol. The largest absolute Gasteiger partial charge is 0.497 e. The lowest BCUT2D eigenvalue weighted by atomic mass is 9.98.